The third kappa shape index (κ3) is 3.76. The fraction of sp³-hybridized carbons (Fsp3) is 0.526. The number of nitrogens with zero attached hydrogens (tertiary/aromatic N) is 1. The summed E-state index contributed by atoms with van der Waals surface area (Å²) in [5, 5.41) is 2.81. The molecule has 0 spiro atoms. The number of Topliss-reactive ketones (excluding diaryl/α,β-unsaturated/α-hetero) is 1. The topological polar surface area (TPSA) is 59.8 Å². The highest BCUT2D eigenvalue weighted by atomic mass is 16.6. The molecule has 2 rings (SSSR count). The molecule has 1 aliphatic rings. The first kappa shape index (κ1) is 18.0. The standard InChI is InChI=1S/C19H24N2O3/c1-13-9-10-14(12-15(13)20-5)19(11-7-6-8-16(19)22)21-17(23)24-18(2,3)4/h9-10,12H,6-8,11H2,1-4H3,(H,21,23). The number of hydrogen-bond acceptors (Lipinski definition) is 3. The summed E-state index contributed by atoms with van der Waals surface area (Å²) in [7, 11) is 0. The number of carbonyl (C=O) groups excluding carboxylic acids is 2. The highest BCUT2D eigenvalue weighted by Crippen LogP contribution is 2.37. The predicted octanol–water partition coefficient (Wildman–Crippen LogP) is 4.41. The molecule has 0 aromatic heterocycles. The number of nitrogens with one attached hydrogen (secondary N) is 1. The molecule has 24 heavy (non-hydrogen) atoms. The molecule has 5 heteroatoms. The normalized spacial score (nSPS) is 21.0. The molecule has 0 saturated heterocycles. The van der Waals surface area contributed by atoms with Crippen LogP contribution in [0.2, 0.25) is 0 Å². The molecule has 5 nitrogen and oxygen atoms in total. The van der Waals surface area contributed by atoms with Gasteiger partial charge in [0.25, 0.3) is 0 Å². The first-order valence-corrected chi connectivity index (χ1v) is 8.21. The summed E-state index contributed by atoms with van der Waals surface area (Å²) in [6.07, 6.45) is 1.98. The minimum atomic E-state index is -1.10. The number of alkyl carbamates (subject to hydrolysis) is 1. The van der Waals surface area contributed by atoms with Crippen LogP contribution >= 0.6 is 0 Å². The molecule has 0 radical (unpaired) electrons. The van der Waals surface area contributed by atoms with Gasteiger partial charge in [0, 0.05) is 6.42 Å². The Morgan fingerprint density at radius 3 is 2.62 bits per heavy atom. The minimum absolute atomic E-state index is 0.0283. The number of rotatable bonds is 2. The van der Waals surface area contributed by atoms with E-state index in [0.717, 1.165) is 18.4 Å². The van der Waals surface area contributed by atoms with Gasteiger partial charge in [0.1, 0.15) is 11.1 Å². The van der Waals surface area contributed by atoms with E-state index in [4.69, 9.17) is 11.3 Å². The fourth-order valence-corrected chi connectivity index (χ4v) is 3.01. The summed E-state index contributed by atoms with van der Waals surface area (Å²) in [5.74, 6) is -0.0283. The number of ether oxygens (including phenoxy) is 1. The summed E-state index contributed by atoms with van der Waals surface area (Å²) < 4.78 is 5.35. The second-order valence-electron chi connectivity index (χ2n) is 7.28. The molecule has 0 aliphatic heterocycles. The van der Waals surface area contributed by atoms with Crippen LogP contribution in [0.3, 0.4) is 0 Å². The lowest BCUT2D eigenvalue weighted by molar-refractivity contribution is -0.128. The van der Waals surface area contributed by atoms with Gasteiger partial charge in [-0.25, -0.2) is 9.64 Å². The number of carbonyl (C=O) groups is 2. The SMILES string of the molecule is [C-]#[N+]c1cc(C2(NC(=O)OC(C)(C)C)CCCCC2=O)ccc1C. The van der Waals surface area contributed by atoms with E-state index in [2.05, 4.69) is 10.2 Å². The summed E-state index contributed by atoms with van der Waals surface area (Å²) >= 11 is 0. The van der Waals surface area contributed by atoms with Crippen molar-refractivity contribution in [2.24, 2.45) is 0 Å². The largest absolute Gasteiger partial charge is 0.444 e. The van der Waals surface area contributed by atoms with Crippen LogP contribution in [0.5, 0.6) is 0 Å². The van der Waals surface area contributed by atoms with E-state index < -0.39 is 17.2 Å². The third-order valence-corrected chi connectivity index (χ3v) is 4.22. The van der Waals surface area contributed by atoms with E-state index >= 15 is 0 Å². The molecule has 1 aromatic carbocycles. The molecule has 0 bridgehead atoms. The zero-order valence-electron chi connectivity index (χ0n) is 14.7. The fourth-order valence-electron chi connectivity index (χ4n) is 3.01. The average molecular weight is 328 g/mol. The lowest BCUT2D eigenvalue weighted by Crippen LogP contribution is -2.54. The Bertz CT molecular complexity index is 698. The Labute approximate surface area is 143 Å². The Balaban J connectivity index is 2.43. The number of aryl methyl sites for hydroxylation is 1. The van der Waals surface area contributed by atoms with Crippen molar-refractivity contribution >= 4 is 17.6 Å². The molecule has 1 N–H and O–H groups in total. The van der Waals surface area contributed by atoms with Gasteiger partial charge in [-0.15, -0.1) is 0 Å². The van der Waals surface area contributed by atoms with Crippen LogP contribution in [-0.4, -0.2) is 17.5 Å². The van der Waals surface area contributed by atoms with Crippen LogP contribution in [0.15, 0.2) is 18.2 Å². The van der Waals surface area contributed by atoms with Crippen molar-refractivity contribution in [1.29, 1.82) is 0 Å². The van der Waals surface area contributed by atoms with Gasteiger partial charge in [-0.05, 0) is 58.1 Å². The molecule has 128 valence electrons. The van der Waals surface area contributed by atoms with Gasteiger partial charge >= 0.3 is 6.09 Å². The highest BCUT2D eigenvalue weighted by Gasteiger charge is 2.43. The minimum Gasteiger partial charge on any atom is -0.444 e. The molecule has 1 aliphatic carbocycles. The van der Waals surface area contributed by atoms with Gasteiger partial charge in [-0.1, -0.05) is 18.2 Å². The Morgan fingerprint density at radius 2 is 2.04 bits per heavy atom. The van der Waals surface area contributed by atoms with Crippen molar-refractivity contribution in [3.8, 4) is 0 Å². The Morgan fingerprint density at radius 1 is 1.33 bits per heavy atom. The zero-order valence-corrected chi connectivity index (χ0v) is 14.7. The van der Waals surface area contributed by atoms with Crippen LogP contribution < -0.4 is 5.32 Å². The zero-order chi connectivity index (χ0) is 18.0. The predicted molar refractivity (Wildman–Crippen MR) is 92.0 cm³/mol. The molecule has 0 heterocycles. The molecule has 1 amide bonds. The molecule has 1 saturated carbocycles. The number of benzene rings is 1. The van der Waals surface area contributed by atoms with Crippen LogP contribution in [0, 0.1) is 13.5 Å². The maximum atomic E-state index is 12.8. The van der Waals surface area contributed by atoms with Crippen molar-refractivity contribution < 1.29 is 14.3 Å². The van der Waals surface area contributed by atoms with E-state index in [0.29, 0.717) is 24.1 Å². The lowest BCUT2D eigenvalue weighted by atomic mass is 9.75. The summed E-state index contributed by atoms with van der Waals surface area (Å²) in [5.41, 5.74) is 0.265. The maximum absolute atomic E-state index is 12.8. The van der Waals surface area contributed by atoms with Crippen LogP contribution in [0.1, 0.15) is 57.6 Å². The van der Waals surface area contributed by atoms with E-state index in [1.807, 2.05) is 19.1 Å². The Hall–Kier alpha value is -2.35. The van der Waals surface area contributed by atoms with Crippen molar-refractivity contribution in [1.82, 2.24) is 5.32 Å². The van der Waals surface area contributed by atoms with Crippen molar-refractivity contribution in [2.75, 3.05) is 0 Å². The van der Waals surface area contributed by atoms with Crippen LogP contribution in [0.25, 0.3) is 4.85 Å². The summed E-state index contributed by atoms with van der Waals surface area (Å²) in [4.78, 5) is 28.6. The van der Waals surface area contributed by atoms with Crippen LogP contribution in [0.4, 0.5) is 10.5 Å². The smallest absolute Gasteiger partial charge is 0.408 e. The molecule has 1 atom stereocenters. The first-order chi connectivity index (χ1) is 11.2. The lowest BCUT2D eigenvalue weighted by Gasteiger charge is -2.37. The molecular weight excluding hydrogens is 304 g/mol. The van der Waals surface area contributed by atoms with Gasteiger partial charge in [-0.3, -0.25) is 4.79 Å². The quantitative estimate of drug-likeness (QED) is 0.818. The van der Waals surface area contributed by atoms with Gasteiger partial charge in [-0.2, -0.15) is 0 Å². The highest BCUT2D eigenvalue weighted by molar-refractivity contribution is 5.93. The second kappa shape index (κ2) is 6.64. The van der Waals surface area contributed by atoms with Gasteiger partial charge in [0.15, 0.2) is 11.5 Å². The summed E-state index contributed by atoms with van der Waals surface area (Å²) in [6, 6.07) is 5.36. The monoisotopic (exact) mass is 328 g/mol. The van der Waals surface area contributed by atoms with Crippen molar-refractivity contribution in [3.63, 3.8) is 0 Å². The van der Waals surface area contributed by atoms with E-state index in [9.17, 15) is 9.59 Å². The van der Waals surface area contributed by atoms with Crippen molar-refractivity contribution in [3.05, 3.63) is 40.7 Å². The maximum Gasteiger partial charge on any atom is 0.408 e. The third-order valence-electron chi connectivity index (χ3n) is 4.22. The average Bonchev–Trinajstić information content (AvgIpc) is 2.48. The van der Waals surface area contributed by atoms with Crippen LogP contribution in [-0.2, 0) is 15.1 Å². The van der Waals surface area contributed by atoms with E-state index in [1.165, 1.54) is 0 Å². The number of ketones is 1. The second-order valence-corrected chi connectivity index (χ2v) is 7.28. The summed E-state index contributed by atoms with van der Waals surface area (Å²) in [6.45, 7) is 14.5. The van der Waals surface area contributed by atoms with Gasteiger partial charge < -0.3 is 10.1 Å². The van der Waals surface area contributed by atoms with Crippen molar-refractivity contribution in [2.45, 2.75) is 64.5 Å². The number of hydrogen-bond donors (Lipinski definition) is 1. The molecule has 1 aromatic rings. The van der Waals surface area contributed by atoms with Gasteiger partial charge in [0.05, 0.1) is 6.57 Å². The molecule has 1 unspecified atom stereocenters. The molecule has 1 fully saturated rings. The van der Waals surface area contributed by atoms with Gasteiger partial charge in [0.2, 0.25) is 0 Å². The number of amides is 1. The van der Waals surface area contributed by atoms with E-state index in [-0.39, 0.29) is 5.78 Å². The first-order valence-electron chi connectivity index (χ1n) is 8.21. The van der Waals surface area contributed by atoms with E-state index in [1.54, 1.807) is 26.8 Å². The molecular formula is C19H24N2O3. The Kier molecular flexibility index (Phi) is 4.98.